The number of hydrogen-bond acceptors (Lipinski definition) is 5. The highest BCUT2D eigenvalue weighted by atomic mass is 35.5. The van der Waals surface area contributed by atoms with Gasteiger partial charge in [-0.2, -0.15) is 5.26 Å². The summed E-state index contributed by atoms with van der Waals surface area (Å²) in [6.07, 6.45) is 1.26. The lowest BCUT2D eigenvalue weighted by atomic mass is 10.1. The number of furan rings is 1. The molecule has 10 heteroatoms. The van der Waals surface area contributed by atoms with Crippen LogP contribution in [0.3, 0.4) is 0 Å². The van der Waals surface area contributed by atoms with E-state index in [4.69, 9.17) is 39.2 Å². The zero-order valence-corrected chi connectivity index (χ0v) is 17.1. The fourth-order valence-electron chi connectivity index (χ4n) is 2.46. The lowest BCUT2D eigenvalue weighted by molar-refractivity contribution is -0.384. The van der Waals surface area contributed by atoms with Gasteiger partial charge in [0.05, 0.1) is 20.0 Å². The first-order valence-corrected chi connectivity index (χ1v) is 9.34. The lowest BCUT2D eigenvalue weighted by Gasteiger charge is -2.05. The summed E-state index contributed by atoms with van der Waals surface area (Å²) in [5.74, 6) is -0.120. The van der Waals surface area contributed by atoms with Crippen LogP contribution in [0.5, 0.6) is 0 Å². The Morgan fingerprint density at radius 3 is 2.47 bits per heavy atom. The van der Waals surface area contributed by atoms with E-state index in [1.54, 1.807) is 18.2 Å². The van der Waals surface area contributed by atoms with E-state index < -0.39 is 10.8 Å². The van der Waals surface area contributed by atoms with Gasteiger partial charge in [-0.1, -0.05) is 34.8 Å². The van der Waals surface area contributed by atoms with E-state index in [0.717, 1.165) is 0 Å². The molecule has 0 fully saturated rings. The summed E-state index contributed by atoms with van der Waals surface area (Å²) in [7, 11) is 0. The molecule has 0 bridgehead atoms. The van der Waals surface area contributed by atoms with E-state index in [-0.39, 0.29) is 27.1 Å². The molecule has 3 aromatic rings. The molecule has 1 amide bonds. The second-order valence-electron chi connectivity index (χ2n) is 5.88. The molecule has 2 aromatic carbocycles. The van der Waals surface area contributed by atoms with Gasteiger partial charge >= 0.3 is 0 Å². The predicted molar refractivity (Wildman–Crippen MR) is 114 cm³/mol. The molecule has 150 valence electrons. The lowest BCUT2D eigenvalue weighted by Crippen LogP contribution is -2.13. The van der Waals surface area contributed by atoms with Gasteiger partial charge in [0, 0.05) is 29.5 Å². The van der Waals surface area contributed by atoms with Crippen LogP contribution in [0.2, 0.25) is 15.1 Å². The molecule has 0 spiro atoms. The fraction of sp³-hybridized carbons (Fsp3) is 0. The molecular formula is C20H10Cl3N3O4. The predicted octanol–water partition coefficient (Wildman–Crippen LogP) is 6.36. The highest BCUT2D eigenvalue weighted by Crippen LogP contribution is 2.32. The zero-order chi connectivity index (χ0) is 21.8. The number of benzene rings is 2. The van der Waals surface area contributed by atoms with Crippen molar-refractivity contribution in [1.82, 2.24) is 0 Å². The van der Waals surface area contributed by atoms with E-state index in [1.807, 2.05) is 0 Å². The molecule has 0 radical (unpaired) electrons. The molecule has 0 aliphatic heterocycles. The Hall–Kier alpha value is -3.31. The highest BCUT2D eigenvalue weighted by molar-refractivity contribution is 6.42. The highest BCUT2D eigenvalue weighted by Gasteiger charge is 2.15. The van der Waals surface area contributed by atoms with Crippen LogP contribution in [0.1, 0.15) is 5.76 Å². The summed E-state index contributed by atoms with van der Waals surface area (Å²) in [5, 5.41) is 23.4. The number of nitriles is 1. The van der Waals surface area contributed by atoms with Crippen LogP contribution in [0.15, 0.2) is 58.5 Å². The minimum atomic E-state index is -0.665. The van der Waals surface area contributed by atoms with Crippen molar-refractivity contribution in [2.75, 3.05) is 5.32 Å². The summed E-state index contributed by atoms with van der Waals surface area (Å²) in [6.45, 7) is 0. The second-order valence-corrected chi connectivity index (χ2v) is 7.10. The molecule has 1 heterocycles. The molecule has 0 saturated carbocycles. The molecule has 1 aromatic heterocycles. The topological polar surface area (TPSA) is 109 Å². The molecule has 0 atom stereocenters. The van der Waals surface area contributed by atoms with Crippen molar-refractivity contribution >= 4 is 58.2 Å². The number of carbonyl (C=O) groups is 1. The zero-order valence-electron chi connectivity index (χ0n) is 14.9. The average molecular weight is 463 g/mol. The number of carbonyl (C=O) groups excluding carboxylic acids is 1. The van der Waals surface area contributed by atoms with Crippen molar-refractivity contribution in [2.24, 2.45) is 0 Å². The Morgan fingerprint density at radius 1 is 1.07 bits per heavy atom. The summed E-state index contributed by atoms with van der Waals surface area (Å²) < 4.78 is 5.62. The summed E-state index contributed by atoms with van der Waals surface area (Å²) in [5.41, 5.74) is 0.437. The van der Waals surface area contributed by atoms with Crippen molar-refractivity contribution in [2.45, 2.75) is 0 Å². The maximum Gasteiger partial charge on any atom is 0.270 e. The summed E-state index contributed by atoms with van der Waals surface area (Å²) >= 11 is 17.9. The van der Waals surface area contributed by atoms with Gasteiger partial charge in [-0.15, -0.1) is 0 Å². The van der Waals surface area contributed by atoms with Crippen molar-refractivity contribution in [1.29, 1.82) is 5.26 Å². The van der Waals surface area contributed by atoms with Crippen molar-refractivity contribution < 1.29 is 14.1 Å². The van der Waals surface area contributed by atoms with Gasteiger partial charge in [0.25, 0.3) is 11.6 Å². The second kappa shape index (κ2) is 9.01. The average Bonchev–Trinajstić information content (AvgIpc) is 3.17. The number of amides is 1. The minimum absolute atomic E-state index is 0.131. The number of nitrogens with zero attached hydrogens (tertiary/aromatic N) is 2. The Labute approximate surface area is 185 Å². The molecule has 1 N–H and O–H groups in total. The Bertz CT molecular complexity index is 1230. The fourth-order valence-corrected chi connectivity index (χ4v) is 3.02. The maximum absolute atomic E-state index is 12.4. The molecular weight excluding hydrogens is 453 g/mol. The molecule has 0 aliphatic rings. The number of anilines is 1. The first kappa shape index (κ1) is 21.4. The molecule has 0 saturated heterocycles. The van der Waals surface area contributed by atoms with E-state index in [2.05, 4.69) is 5.32 Å². The number of nitro groups is 1. The van der Waals surface area contributed by atoms with Crippen LogP contribution >= 0.6 is 34.8 Å². The SMILES string of the molecule is N#C/C(=C/c1ccc(-c2ccc([N+](=O)[O-])cc2Cl)o1)C(=O)Nc1ccc(Cl)c(Cl)c1. The van der Waals surface area contributed by atoms with Crippen LogP contribution < -0.4 is 5.32 Å². The molecule has 0 unspecified atom stereocenters. The Balaban J connectivity index is 1.83. The largest absolute Gasteiger partial charge is 0.457 e. The molecule has 30 heavy (non-hydrogen) atoms. The van der Waals surface area contributed by atoms with Gasteiger partial charge < -0.3 is 9.73 Å². The standard InChI is InChI=1S/C20H10Cl3N3O4/c21-16-5-1-12(8-18(16)23)25-20(27)11(10-24)7-14-3-6-19(30-14)15-4-2-13(26(28)29)9-17(15)22/h1-9H,(H,25,27)/b11-7-. The van der Waals surface area contributed by atoms with Crippen LogP contribution in [0.25, 0.3) is 17.4 Å². The third kappa shape index (κ3) is 4.81. The number of nitro benzene ring substituents is 1. The smallest absolute Gasteiger partial charge is 0.270 e. The molecule has 7 nitrogen and oxygen atoms in total. The number of non-ortho nitro benzene ring substituents is 1. The minimum Gasteiger partial charge on any atom is -0.457 e. The third-order valence-corrected chi connectivity index (χ3v) is 4.94. The Kier molecular flexibility index (Phi) is 6.43. The first-order valence-electron chi connectivity index (χ1n) is 8.21. The van der Waals surface area contributed by atoms with Crippen LogP contribution in [0, 0.1) is 21.4 Å². The van der Waals surface area contributed by atoms with Gasteiger partial charge in [0.2, 0.25) is 0 Å². The van der Waals surface area contributed by atoms with Crippen molar-refractivity contribution in [3.05, 3.63) is 85.0 Å². The van der Waals surface area contributed by atoms with E-state index in [9.17, 15) is 20.2 Å². The van der Waals surface area contributed by atoms with Gasteiger partial charge in [-0.25, -0.2) is 0 Å². The summed E-state index contributed by atoms with van der Waals surface area (Å²) in [4.78, 5) is 22.6. The quantitative estimate of drug-likeness (QED) is 0.205. The van der Waals surface area contributed by atoms with E-state index >= 15 is 0 Å². The summed E-state index contributed by atoms with van der Waals surface area (Å²) in [6, 6.07) is 13.4. The first-order chi connectivity index (χ1) is 14.3. The van der Waals surface area contributed by atoms with Crippen molar-refractivity contribution in [3.63, 3.8) is 0 Å². The van der Waals surface area contributed by atoms with Gasteiger partial charge in [-0.05, 0) is 36.4 Å². The van der Waals surface area contributed by atoms with Crippen LogP contribution in [0.4, 0.5) is 11.4 Å². The van der Waals surface area contributed by atoms with Crippen molar-refractivity contribution in [3.8, 4) is 17.4 Å². The number of halogens is 3. The normalized spacial score (nSPS) is 11.1. The molecule has 3 rings (SSSR count). The monoisotopic (exact) mass is 461 g/mol. The molecule has 0 aliphatic carbocycles. The number of rotatable bonds is 5. The third-order valence-electron chi connectivity index (χ3n) is 3.88. The van der Waals surface area contributed by atoms with Gasteiger partial charge in [-0.3, -0.25) is 14.9 Å². The van der Waals surface area contributed by atoms with Crippen LogP contribution in [-0.2, 0) is 4.79 Å². The van der Waals surface area contributed by atoms with Crippen LogP contribution in [-0.4, -0.2) is 10.8 Å². The van der Waals surface area contributed by atoms with E-state index in [1.165, 1.54) is 42.5 Å². The number of nitrogens with one attached hydrogen (secondary N) is 1. The number of hydrogen-bond donors (Lipinski definition) is 1. The Morgan fingerprint density at radius 2 is 1.83 bits per heavy atom. The van der Waals surface area contributed by atoms with Gasteiger partial charge in [0.15, 0.2) is 0 Å². The maximum atomic E-state index is 12.4. The van der Waals surface area contributed by atoms with Gasteiger partial charge in [0.1, 0.15) is 23.2 Å². The van der Waals surface area contributed by atoms with E-state index in [0.29, 0.717) is 22.0 Å².